The van der Waals surface area contributed by atoms with Crippen LogP contribution >= 0.6 is 24.0 Å². The first-order valence-corrected chi connectivity index (χ1v) is 7.89. The molecule has 1 aliphatic heterocycles. The first kappa shape index (κ1) is 14.4. The Morgan fingerprint density at radius 1 is 1.33 bits per heavy atom. The van der Waals surface area contributed by atoms with E-state index in [0.29, 0.717) is 17.4 Å². The quantitative estimate of drug-likeness (QED) is 0.874. The molecule has 1 unspecified atom stereocenters. The van der Waals surface area contributed by atoms with E-state index in [0.717, 1.165) is 6.42 Å². The molecule has 0 amide bonds. The molecular weight excluding hydrogens is 305 g/mol. The van der Waals surface area contributed by atoms with Gasteiger partial charge in [-0.15, -0.1) is 11.8 Å². The predicted octanol–water partition coefficient (Wildman–Crippen LogP) is 3.56. The summed E-state index contributed by atoms with van der Waals surface area (Å²) >= 11 is 6.61. The van der Waals surface area contributed by atoms with Crippen LogP contribution in [0.25, 0.3) is 0 Å². The third-order valence-electron chi connectivity index (χ3n) is 3.35. The zero-order valence-electron chi connectivity index (χ0n) is 11.2. The van der Waals surface area contributed by atoms with Crippen molar-refractivity contribution in [1.82, 2.24) is 0 Å². The van der Waals surface area contributed by atoms with Gasteiger partial charge in [0.25, 0.3) is 0 Å². The fourth-order valence-electron chi connectivity index (χ4n) is 2.30. The number of nitrogens with two attached hydrogens (primary N) is 1. The maximum absolute atomic E-state index is 13.9. The minimum Gasteiger partial charge on any atom is -0.489 e. The molecule has 21 heavy (non-hydrogen) atoms. The van der Waals surface area contributed by atoms with Crippen LogP contribution in [0.3, 0.4) is 0 Å². The minimum atomic E-state index is -0.430. The number of halogens is 1. The van der Waals surface area contributed by atoms with E-state index in [2.05, 4.69) is 12.1 Å². The highest BCUT2D eigenvalue weighted by molar-refractivity contribution is 8.00. The van der Waals surface area contributed by atoms with Gasteiger partial charge in [0.1, 0.15) is 11.6 Å². The van der Waals surface area contributed by atoms with E-state index < -0.39 is 5.82 Å². The maximum Gasteiger partial charge on any atom is 0.165 e. The molecule has 1 heterocycles. The monoisotopic (exact) mass is 319 g/mol. The molecule has 0 aliphatic carbocycles. The lowest BCUT2D eigenvalue weighted by Crippen LogP contribution is -2.14. The van der Waals surface area contributed by atoms with Crippen LogP contribution in [0.2, 0.25) is 0 Å². The third-order valence-corrected chi connectivity index (χ3v) is 4.88. The number of benzene rings is 2. The van der Waals surface area contributed by atoms with Gasteiger partial charge < -0.3 is 10.5 Å². The Hall–Kier alpha value is -1.59. The van der Waals surface area contributed by atoms with Crippen LogP contribution in [-0.4, -0.2) is 16.8 Å². The number of thioether (sulfide) groups is 1. The first-order valence-electron chi connectivity index (χ1n) is 6.60. The lowest BCUT2D eigenvalue weighted by Gasteiger charge is -2.12. The molecule has 2 nitrogen and oxygen atoms in total. The Balaban J connectivity index is 1.63. The molecule has 0 spiro atoms. The van der Waals surface area contributed by atoms with E-state index in [9.17, 15) is 4.39 Å². The molecule has 0 radical (unpaired) electrons. The Morgan fingerprint density at radius 2 is 2.14 bits per heavy atom. The average Bonchev–Trinajstić information content (AvgIpc) is 2.88. The molecule has 108 valence electrons. The van der Waals surface area contributed by atoms with Gasteiger partial charge in [0, 0.05) is 15.7 Å². The van der Waals surface area contributed by atoms with Crippen molar-refractivity contribution < 1.29 is 9.13 Å². The number of rotatable bonds is 4. The van der Waals surface area contributed by atoms with Gasteiger partial charge in [-0.3, -0.25) is 0 Å². The van der Waals surface area contributed by atoms with Gasteiger partial charge in [-0.05, 0) is 36.2 Å². The molecular formula is C16H14FNOS2. The first-order chi connectivity index (χ1) is 10.1. The van der Waals surface area contributed by atoms with Crippen LogP contribution < -0.4 is 10.5 Å². The van der Waals surface area contributed by atoms with Gasteiger partial charge in [-0.2, -0.15) is 0 Å². The van der Waals surface area contributed by atoms with E-state index in [-0.39, 0.29) is 10.7 Å². The van der Waals surface area contributed by atoms with Gasteiger partial charge in [0.15, 0.2) is 11.6 Å². The predicted molar refractivity (Wildman–Crippen MR) is 87.6 cm³/mol. The highest BCUT2D eigenvalue weighted by Gasteiger charge is 2.22. The normalized spacial score (nSPS) is 16.5. The van der Waals surface area contributed by atoms with Gasteiger partial charge in [-0.25, -0.2) is 4.39 Å². The third kappa shape index (κ3) is 3.19. The van der Waals surface area contributed by atoms with E-state index in [1.165, 1.54) is 16.5 Å². The van der Waals surface area contributed by atoms with Crippen molar-refractivity contribution in [3.8, 4) is 5.75 Å². The highest BCUT2D eigenvalue weighted by atomic mass is 32.2. The average molecular weight is 319 g/mol. The molecule has 5 heteroatoms. The summed E-state index contributed by atoms with van der Waals surface area (Å²) in [5, 5.41) is 0.317. The van der Waals surface area contributed by atoms with Crippen LogP contribution in [0.15, 0.2) is 47.4 Å². The van der Waals surface area contributed by atoms with Gasteiger partial charge in [0.2, 0.25) is 0 Å². The SMILES string of the molecule is NC(=S)c1ccc(OCC2Cc3ccccc3S2)c(F)c1. The zero-order valence-corrected chi connectivity index (χ0v) is 12.8. The number of hydrogen-bond acceptors (Lipinski definition) is 3. The molecule has 2 N–H and O–H groups in total. The van der Waals surface area contributed by atoms with E-state index in [1.807, 2.05) is 12.1 Å². The highest BCUT2D eigenvalue weighted by Crippen LogP contribution is 2.37. The maximum atomic E-state index is 13.9. The largest absolute Gasteiger partial charge is 0.489 e. The molecule has 0 fully saturated rings. The smallest absolute Gasteiger partial charge is 0.165 e. The Labute approximate surface area is 132 Å². The van der Waals surface area contributed by atoms with Crippen LogP contribution in [0.5, 0.6) is 5.75 Å². The van der Waals surface area contributed by atoms with Gasteiger partial charge in [-0.1, -0.05) is 30.4 Å². The molecule has 3 rings (SSSR count). The second-order valence-corrected chi connectivity index (χ2v) is 6.65. The van der Waals surface area contributed by atoms with Crippen molar-refractivity contribution in [3.05, 3.63) is 59.4 Å². The van der Waals surface area contributed by atoms with Crippen molar-refractivity contribution in [2.24, 2.45) is 5.73 Å². The summed E-state index contributed by atoms with van der Waals surface area (Å²) in [6.07, 6.45) is 0.952. The molecule has 0 bridgehead atoms. The number of thiocarbonyl (C=S) groups is 1. The standard InChI is InChI=1S/C16H14FNOS2/c17-13-8-11(16(18)20)5-6-14(13)19-9-12-7-10-3-1-2-4-15(10)21-12/h1-6,8,12H,7,9H2,(H2,18,20). The van der Waals surface area contributed by atoms with E-state index >= 15 is 0 Å². The molecule has 2 aromatic carbocycles. The van der Waals surface area contributed by atoms with E-state index in [1.54, 1.807) is 23.9 Å². The number of ether oxygens (including phenoxy) is 1. The van der Waals surface area contributed by atoms with Crippen LogP contribution in [0, 0.1) is 5.82 Å². The second-order valence-electron chi connectivity index (χ2n) is 4.87. The van der Waals surface area contributed by atoms with Crippen LogP contribution in [0.1, 0.15) is 11.1 Å². The molecule has 0 aromatic heterocycles. The number of fused-ring (bicyclic) bond motifs is 1. The molecule has 0 saturated heterocycles. The van der Waals surface area contributed by atoms with Crippen LogP contribution in [0.4, 0.5) is 4.39 Å². The molecule has 0 saturated carbocycles. The van der Waals surface area contributed by atoms with Crippen LogP contribution in [-0.2, 0) is 6.42 Å². The summed E-state index contributed by atoms with van der Waals surface area (Å²) in [4.78, 5) is 1.47. The molecule has 1 aliphatic rings. The summed E-state index contributed by atoms with van der Waals surface area (Å²) in [7, 11) is 0. The summed E-state index contributed by atoms with van der Waals surface area (Å²) in [6, 6.07) is 12.9. The van der Waals surface area contributed by atoms with E-state index in [4.69, 9.17) is 22.7 Å². The van der Waals surface area contributed by atoms with Crippen molar-refractivity contribution in [2.45, 2.75) is 16.6 Å². The lowest BCUT2D eigenvalue weighted by molar-refractivity contribution is 0.301. The Bertz CT molecular complexity index is 665. The van der Waals surface area contributed by atoms with Gasteiger partial charge in [0.05, 0.1) is 0 Å². The minimum absolute atomic E-state index is 0.183. The molecule has 2 aromatic rings. The van der Waals surface area contributed by atoms with Crippen molar-refractivity contribution in [3.63, 3.8) is 0 Å². The van der Waals surface area contributed by atoms with Crippen molar-refractivity contribution in [1.29, 1.82) is 0 Å². The second kappa shape index (κ2) is 6.03. The summed E-state index contributed by atoms with van der Waals surface area (Å²) in [6.45, 7) is 0.475. The summed E-state index contributed by atoms with van der Waals surface area (Å²) in [5.74, 6) is -0.188. The zero-order chi connectivity index (χ0) is 14.8. The number of hydrogen-bond donors (Lipinski definition) is 1. The Kier molecular flexibility index (Phi) is 4.12. The van der Waals surface area contributed by atoms with Crippen molar-refractivity contribution in [2.75, 3.05) is 6.61 Å². The fraction of sp³-hybridized carbons (Fsp3) is 0.188. The van der Waals surface area contributed by atoms with Crippen molar-refractivity contribution >= 4 is 29.0 Å². The van der Waals surface area contributed by atoms with Gasteiger partial charge >= 0.3 is 0 Å². The lowest BCUT2D eigenvalue weighted by atomic mass is 10.1. The Morgan fingerprint density at radius 3 is 2.86 bits per heavy atom. The topological polar surface area (TPSA) is 35.2 Å². The molecule has 1 atom stereocenters. The fourth-order valence-corrected chi connectivity index (χ4v) is 3.65. The summed E-state index contributed by atoms with van der Waals surface area (Å²) < 4.78 is 19.5. The summed E-state index contributed by atoms with van der Waals surface area (Å²) in [5.41, 5.74) is 7.32.